The van der Waals surface area contributed by atoms with Crippen molar-refractivity contribution >= 4 is 5.91 Å². The van der Waals surface area contributed by atoms with E-state index in [-0.39, 0.29) is 5.91 Å². The summed E-state index contributed by atoms with van der Waals surface area (Å²) in [4.78, 5) is 12.0. The maximum atomic E-state index is 12.0. The molecule has 0 heterocycles. The lowest BCUT2D eigenvalue weighted by Gasteiger charge is -2.07. The van der Waals surface area contributed by atoms with Gasteiger partial charge in [0.15, 0.2) is 0 Å². The number of benzene rings is 2. The first-order chi connectivity index (χ1) is 9.69. The van der Waals surface area contributed by atoms with Gasteiger partial charge in [0.1, 0.15) is 0 Å². The Kier molecular flexibility index (Phi) is 4.91. The maximum Gasteiger partial charge on any atom is 0.251 e. The molecule has 0 aliphatic heterocycles. The normalized spacial score (nSPS) is 10.3. The molecule has 3 heteroatoms. The highest BCUT2D eigenvalue weighted by Crippen LogP contribution is 2.05. The van der Waals surface area contributed by atoms with Crippen molar-refractivity contribution in [1.82, 2.24) is 5.32 Å². The zero-order valence-corrected chi connectivity index (χ0v) is 11.7. The number of aryl methyl sites for hydroxylation is 1. The minimum absolute atomic E-state index is 0.0487. The van der Waals surface area contributed by atoms with Crippen LogP contribution in [0.4, 0.5) is 0 Å². The van der Waals surface area contributed by atoms with Crippen molar-refractivity contribution in [3.63, 3.8) is 0 Å². The molecule has 0 radical (unpaired) electrons. The number of hydrogen-bond donors (Lipinski definition) is 2. The highest BCUT2D eigenvalue weighted by atomic mass is 16.1. The lowest BCUT2D eigenvalue weighted by molar-refractivity contribution is 0.0954. The molecule has 0 unspecified atom stereocenters. The van der Waals surface area contributed by atoms with E-state index >= 15 is 0 Å². The Balaban J connectivity index is 1.87. The van der Waals surface area contributed by atoms with Gasteiger partial charge in [0.2, 0.25) is 0 Å². The van der Waals surface area contributed by atoms with E-state index in [2.05, 4.69) is 36.5 Å². The summed E-state index contributed by atoms with van der Waals surface area (Å²) in [6.45, 7) is 3.15. The molecule has 0 spiro atoms. The van der Waals surface area contributed by atoms with Crippen molar-refractivity contribution in [3.8, 4) is 0 Å². The average molecular weight is 268 g/mol. The SMILES string of the molecule is Cc1ccc(CCNC(=O)c2cccc(CN)c2)cc1. The zero-order valence-electron chi connectivity index (χ0n) is 11.7. The molecule has 20 heavy (non-hydrogen) atoms. The average Bonchev–Trinajstić information content (AvgIpc) is 2.49. The molecule has 0 fully saturated rings. The lowest BCUT2D eigenvalue weighted by atomic mass is 10.1. The number of hydrogen-bond acceptors (Lipinski definition) is 2. The number of amides is 1. The Labute approximate surface area is 119 Å². The van der Waals surface area contributed by atoms with Crippen molar-refractivity contribution in [2.24, 2.45) is 5.73 Å². The van der Waals surface area contributed by atoms with Crippen molar-refractivity contribution in [2.75, 3.05) is 6.54 Å². The molecule has 1 amide bonds. The summed E-state index contributed by atoms with van der Waals surface area (Å²) in [7, 11) is 0. The molecule has 0 bridgehead atoms. The maximum absolute atomic E-state index is 12.0. The standard InChI is InChI=1S/C17H20N2O/c1-13-5-7-14(8-6-13)9-10-19-17(20)16-4-2-3-15(11-16)12-18/h2-8,11H,9-10,12,18H2,1H3,(H,19,20). The van der Waals surface area contributed by atoms with Gasteiger partial charge in [0, 0.05) is 18.7 Å². The molecule has 0 aliphatic carbocycles. The van der Waals surface area contributed by atoms with E-state index in [0.717, 1.165) is 12.0 Å². The van der Waals surface area contributed by atoms with Gasteiger partial charge >= 0.3 is 0 Å². The third-order valence-electron chi connectivity index (χ3n) is 3.24. The Morgan fingerprint density at radius 3 is 2.55 bits per heavy atom. The number of rotatable bonds is 5. The van der Waals surface area contributed by atoms with Gasteiger partial charge in [0.25, 0.3) is 5.91 Å². The van der Waals surface area contributed by atoms with E-state index in [1.54, 1.807) is 6.07 Å². The topological polar surface area (TPSA) is 55.1 Å². The van der Waals surface area contributed by atoms with E-state index in [1.165, 1.54) is 11.1 Å². The predicted molar refractivity (Wildman–Crippen MR) is 81.5 cm³/mol. The fraction of sp³-hybridized carbons (Fsp3) is 0.235. The van der Waals surface area contributed by atoms with E-state index < -0.39 is 0 Å². The summed E-state index contributed by atoms with van der Waals surface area (Å²) in [6, 6.07) is 15.8. The number of nitrogens with one attached hydrogen (secondary N) is 1. The largest absolute Gasteiger partial charge is 0.352 e. The van der Waals surface area contributed by atoms with Crippen LogP contribution in [0.15, 0.2) is 48.5 Å². The van der Waals surface area contributed by atoms with Crippen molar-refractivity contribution in [3.05, 3.63) is 70.8 Å². The first-order valence-corrected chi connectivity index (χ1v) is 6.82. The van der Waals surface area contributed by atoms with Crippen LogP contribution in [0.3, 0.4) is 0 Å². The first kappa shape index (κ1) is 14.3. The predicted octanol–water partition coefficient (Wildman–Crippen LogP) is 2.43. The Bertz CT molecular complexity index is 576. The van der Waals surface area contributed by atoms with Gasteiger partial charge in [-0.2, -0.15) is 0 Å². The second-order valence-electron chi connectivity index (χ2n) is 4.90. The van der Waals surface area contributed by atoms with Crippen LogP contribution < -0.4 is 11.1 Å². The summed E-state index contributed by atoms with van der Waals surface area (Å²) in [5.41, 5.74) is 9.68. The van der Waals surface area contributed by atoms with Gasteiger partial charge in [-0.1, -0.05) is 42.0 Å². The zero-order chi connectivity index (χ0) is 14.4. The van der Waals surface area contributed by atoms with Gasteiger partial charge in [-0.25, -0.2) is 0 Å². The van der Waals surface area contributed by atoms with Gasteiger partial charge in [-0.3, -0.25) is 4.79 Å². The van der Waals surface area contributed by atoms with Crippen LogP contribution in [0.5, 0.6) is 0 Å². The highest BCUT2D eigenvalue weighted by molar-refractivity contribution is 5.94. The molecule has 104 valence electrons. The molecule has 2 aromatic rings. The molecule has 0 saturated heterocycles. The molecule has 2 aromatic carbocycles. The van der Waals surface area contributed by atoms with Gasteiger partial charge < -0.3 is 11.1 Å². The summed E-state index contributed by atoms with van der Waals surface area (Å²) in [5.74, 6) is -0.0487. The van der Waals surface area contributed by atoms with Crippen LogP contribution in [0, 0.1) is 6.92 Å². The van der Waals surface area contributed by atoms with Gasteiger partial charge in [-0.05, 0) is 36.6 Å². The smallest absolute Gasteiger partial charge is 0.251 e. The van der Waals surface area contributed by atoms with Crippen LogP contribution >= 0.6 is 0 Å². The number of nitrogens with two attached hydrogens (primary N) is 1. The lowest BCUT2D eigenvalue weighted by Crippen LogP contribution is -2.25. The van der Waals surface area contributed by atoms with Crippen molar-refractivity contribution in [2.45, 2.75) is 19.9 Å². The highest BCUT2D eigenvalue weighted by Gasteiger charge is 2.05. The van der Waals surface area contributed by atoms with Gasteiger partial charge in [-0.15, -0.1) is 0 Å². The molecular weight excluding hydrogens is 248 g/mol. The quantitative estimate of drug-likeness (QED) is 0.875. The summed E-state index contributed by atoms with van der Waals surface area (Å²) < 4.78 is 0. The number of carbonyl (C=O) groups is 1. The minimum atomic E-state index is -0.0487. The Hall–Kier alpha value is -2.13. The molecule has 0 saturated carbocycles. The van der Waals surface area contributed by atoms with E-state index in [9.17, 15) is 4.79 Å². The first-order valence-electron chi connectivity index (χ1n) is 6.82. The molecule has 2 rings (SSSR count). The van der Waals surface area contributed by atoms with Crippen LogP contribution in [-0.4, -0.2) is 12.5 Å². The van der Waals surface area contributed by atoms with Gasteiger partial charge in [0.05, 0.1) is 0 Å². The molecular formula is C17H20N2O. The summed E-state index contributed by atoms with van der Waals surface area (Å²) in [6.07, 6.45) is 0.836. The Morgan fingerprint density at radius 1 is 1.10 bits per heavy atom. The van der Waals surface area contributed by atoms with E-state index in [1.807, 2.05) is 18.2 Å². The van der Waals surface area contributed by atoms with Crippen LogP contribution in [0.1, 0.15) is 27.0 Å². The number of carbonyl (C=O) groups excluding carboxylic acids is 1. The summed E-state index contributed by atoms with van der Waals surface area (Å²) >= 11 is 0. The van der Waals surface area contributed by atoms with Crippen molar-refractivity contribution < 1.29 is 4.79 Å². The third-order valence-corrected chi connectivity index (χ3v) is 3.24. The van der Waals surface area contributed by atoms with E-state index in [0.29, 0.717) is 18.7 Å². The molecule has 3 nitrogen and oxygen atoms in total. The monoisotopic (exact) mass is 268 g/mol. The fourth-order valence-corrected chi connectivity index (χ4v) is 2.02. The van der Waals surface area contributed by atoms with E-state index in [4.69, 9.17) is 5.73 Å². The van der Waals surface area contributed by atoms with Crippen molar-refractivity contribution in [1.29, 1.82) is 0 Å². The van der Waals surface area contributed by atoms with Crippen LogP contribution in [0.2, 0.25) is 0 Å². The van der Waals surface area contributed by atoms with Crippen LogP contribution in [0.25, 0.3) is 0 Å². The molecule has 3 N–H and O–H groups in total. The minimum Gasteiger partial charge on any atom is -0.352 e. The second kappa shape index (κ2) is 6.87. The fourth-order valence-electron chi connectivity index (χ4n) is 2.02. The van der Waals surface area contributed by atoms with Crippen LogP contribution in [-0.2, 0) is 13.0 Å². The molecule has 0 atom stereocenters. The molecule has 0 aliphatic rings. The Morgan fingerprint density at radius 2 is 1.85 bits per heavy atom. The summed E-state index contributed by atoms with van der Waals surface area (Å²) in [5, 5.41) is 2.93. The third kappa shape index (κ3) is 3.93. The second-order valence-corrected chi connectivity index (χ2v) is 4.90. The molecule has 0 aromatic heterocycles.